The first-order chi connectivity index (χ1) is 16.5. The van der Waals surface area contributed by atoms with Crippen LogP contribution < -0.4 is 15.5 Å². The van der Waals surface area contributed by atoms with Gasteiger partial charge in [-0.25, -0.2) is 0 Å². The van der Waals surface area contributed by atoms with Gasteiger partial charge >= 0.3 is 0 Å². The lowest BCUT2D eigenvalue weighted by atomic mass is 9.97. The Morgan fingerprint density at radius 3 is 2.68 bits per heavy atom. The third-order valence-electron chi connectivity index (χ3n) is 7.22. The quantitative estimate of drug-likeness (QED) is 0.369. The molecule has 2 aromatic heterocycles. The molecular weight excluding hydrogens is 468 g/mol. The first-order valence-corrected chi connectivity index (χ1v) is 13.8. The number of carbonyl (C=O) groups is 2. The van der Waals surface area contributed by atoms with Gasteiger partial charge in [0, 0.05) is 23.0 Å². The van der Waals surface area contributed by atoms with Crippen LogP contribution in [-0.2, 0) is 9.59 Å². The fourth-order valence-electron chi connectivity index (χ4n) is 4.98. The number of hydrogen-bond donors (Lipinski definition) is 2. The summed E-state index contributed by atoms with van der Waals surface area (Å²) in [6.45, 7) is 2.11. The van der Waals surface area contributed by atoms with E-state index in [9.17, 15) is 9.59 Å². The first kappa shape index (κ1) is 23.6. The number of halogens is 1. The van der Waals surface area contributed by atoms with Crippen molar-refractivity contribution in [3.8, 4) is 0 Å². The Bertz CT molecular complexity index is 1030. The Balaban J connectivity index is 1.33. The minimum atomic E-state index is -0.449. The molecule has 5 rings (SSSR count). The zero-order chi connectivity index (χ0) is 23.7. The van der Waals surface area contributed by atoms with Crippen LogP contribution in [0.4, 0.5) is 10.7 Å². The highest BCUT2D eigenvalue weighted by Gasteiger charge is 2.34. The van der Waals surface area contributed by atoms with Gasteiger partial charge in [-0.15, -0.1) is 11.3 Å². The average molecular weight is 501 g/mol. The maximum Gasteiger partial charge on any atom is 0.243 e. The van der Waals surface area contributed by atoms with Gasteiger partial charge < -0.3 is 10.6 Å². The summed E-state index contributed by atoms with van der Waals surface area (Å²) in [6, 6.07) is 5.82. The summed E-state index contributed by atoms with van der Waals surface area (Å²) in [5.74, 6) is 1.01. The number of nitrogens with zero attached hydrogens (tertiary/aromatic N) is 2. The summed E-state index contributed by atoms with van der Waals surface area (Å²) in [7, 11) is 0. The number of nitrogens with one attached hydrogen (secondary N) is 2. The highest BCUT2D eigenvalue weighted by molar-refractivity contribution is 7.16. The van der Waals surface area contributed by atoms with Gasteiger partial charge in [-0.05, 0) is 63.1 Å². The molecule has 2 heterocycles. The minimum absolute atomic E-state index is 0.0123. The van der Waals surface area contributed by atoms with E-state index in [1.807, 2.05) is 18.2 Å². The molecular formula is C26H33ClN4O2S. The number of pyridine rings is 1. The normalized spacial score (nSPS) is 20.1. The topological polar surface area (TPSA) is 74.3 Å². The van der Waals surface area contributed by atoms with Crippen molar-refractivity contribution in [3.05, 3.63) is 40.0 Å². The third-order valence-corrected chi connectivity index (χ3v) is 8.71. The predicted molar refractivity (Wildman–Crippen MR) is 138 cm³/mol. The van der Waals surface area contributed by atoms with Crippen molar-refractivity contribution in [3.63, 3.8) is 0 Å². The van der Waals surface area contributed by atoms with Crippen LogP contribution in [0, 0.1) is 5.92 Å². The van der Waals surface area contributed by atoms with E-state index in [-0.39, 0.29) is 18.0 Å². The Labute approximate surface area is 210 Å². The molecule has 2 aromatic rings. The molecule has 3 aliphatic rings. The van der Waals surface area contributed by atoms with Crippen LogP contribution in [0.15, 0.2) is 24.4 Å². The monoisotopic (exact) mass is 500 g/mol. The molecule has 2 N–H and O–H groups in total. The second-order valence-electron chi connectivity index (χ2n) is 10.1. The SMILES string of the molecule is C[C@H](Nc1cc(Cl)cnc1C1CC1)c1ccc(N(C=O)[C@@H](CC2CCCC2)C(=O)NC2CC2)s1. The minimum Gasteiger partial charge on any atom is -0.376 e. The van der Waals surface area contributed by atoms with Crippen molar-refractivity contribution < 1.29 is 9.59 Å². The number of aromatic nitrogens is 1. The van der Waals surface area contributed by atoms with Crippen molar-refractivity contribution in [1.82, 2.24) is 10.3 Å². The number of rotatable bonds is 11. The standard InChI is InChI=1S/C26H33ClN4O2S/c1-16(29-21-13-19(27)14-28-25(21)18-6-7-18)23-10-11-24(34-23)31(15-32)22(12-17-4-2-3-5-17)26(33)30-20-8-9-20/h10-11,13-18,20,22,29H,2-9,12H2,1H3,(H,30,33)/t16-,22-/m0/s1. The molecule has 0 radical (unpaired) electrons. The number of anilines is 2. The summed E-state index contributed by atoms with van der Waals surface area (Å²) in [5, 5.41) is 8.16. The number of hydrogen-bond acceptors (Lipinski definition) is 5. The second kappa shape index (κ2) is 10.2. The van der Waals surface area contributed by atoms with E-state index in [1.165, 1.54) is 25.7 Å². The molecule has 2 amide bonds. The van der Waals surface area contributed by atoms with Gasteiger partial charge in [0.2, 0.25) is 12.3 Å². The van der Waals surface area contributed by atoms with Crippen molar-refractivity contribution in [2.75, 3.05) is 10.2 Å². The molecule has 8 heteroatoms. The Kier molecular flexibility index (Phi) is 7.11. The zero-order valence-corrected chi connectivity index (χ0v) is 21.2. The van der Waals surface area contributed by atoms with Crippen LogP contribution in [-0.4, -0.2) is 29.4 Å². The van der Waals surface area contributed by atoms with Crippen molar-refractivity contribution in [1.29, 1.82) is 0 Å². The lowest BCUT2D eigenvalue weighted by Gasteiger charge is -2.28. The van der Waals surface area contributed by atoms with E-state index < -0.39 is 6.04 Å². The molecule has 0 saturated heterocycles. The Hall–Kier alpha value is -2.12. The highest BCUT2D eigenvalue weighted by Crippen LogP contribution is 2.44. The highest BCUT2D eigenvalue weighted by atomic mass is 35.5. The molecule has 3 fully saturated rings. The fourth-order valence-corrected chi connectivity index (χ4v) is 6.16. The van der Waals surface area contributed by atoms with E-state index >= 15 is 0 Å². The Morgan fingerprint density at radius 2 is 2.00 bits per heavy atom. The zero-order valence-electron chi connectivity index (χ0n) is 19.6. The van der Waals surface area contributed by atoms with Crippen molar-refractivity contribution in [2.24, 2.45) is 5.92 Å². The van der Waals surface area contributed by atoms with E-state index in [1.54, 1.807) is 22.4 Å². The average Bonchev–Trinajstić information content (AvgIpc) is 3.72. The van der Waals surface area contributed by atoms with Crippen molar-refractivity contribution >= 4 is 45.9 Å². The van der Waals surface area contributed by atoms with Gasteiger partial charge in [0.1, 0.15) is 6.04 Å². The molecule has 34 heavy (non-hydrogen) atoms. The molecule has 2 atom stereocenters. The molecule has 0 spiro atoms. The van der Waals surface area contributed by atoms with Gasteiger partial charge in [-0.3, -0.25) is 19.5 Å². The lowest BCUT2D eigenvalue weighted by Crippen LogP contribution is -2.48. The van der Waals surface area contributed by atoms with Crippen LogP contribution in [0.25, 0.3) is 0 Å². The third kappa shape index (κ3) is 5.57. The first-order valence-electron chi connectivity index (χ1n) is 12.6. The summed E-state index contributed by atoms with van der Waals surface area (Å²) in [5.41, 5.74) is 2.06. The summed E-state index contributed by atoms with van der Waals surface area (Å²) >= 11 is 7.79. The van der Waals surface area contributed by atoms with E-state index in [0.717, 1.165) is 59.8 Å². The summed E-state index contributed by atoms with van der Waals surface area (Å²) in [4.78, 5) is 32.7. The van der Waals surface area contributed by atoms with Gasteiger partial charge in [0.15, 0.2) is 0 Å². The van der Waals surface area contributed by atoms with Gasteiger partial charge in [-0.1, -0.05) is 37.3 Å². The van der Waals surface area contributed by atoms with E-state index in [0.29, 0.717) is 16.9 Å². The number of thiophene rings is 1. The van der Waals surface area contributed by atoms with Crippen LogP contribution in [0.3, 0.4) is 0 Å². The smallest absolute Gasteiger partial charge is 0.243 e. The van der Waals surface area contributed by atoms with Gasteiger partial charge in [0.25, 0.3) is 0 Å². The van der Waals surface area contributed by atoms with Crippen molar-refractivity contribution in [2.45, 2.75) is 88.8 Å². The van der Waals surface area contributed by atoms with E-state index in [2.05, 4.69) is 22.5 Å². The van der Waals surface area contributed by atoms with Gasteiger partial charge in [0.05, 0.1) is 27.4 Å². The number of carbonyl (C=O) groups excluding carboxylic acids is 2. The molecule has 0 aromatic carbocycles. The molecule has 0 aliphatic heterocycles. The summed E-state index contributed by atoms with van der Waals surface area (Å²) in [6.07, 6.45) is 12.4. The van der Waals surface area contributed by atoms with Crippen LogP contribution in [0.1, 0.15) is 87.2 Å². The van der Waals surface area contributed by atoms with Gasteiger partial charge in [-0.2, -0.15) is 0 Å². The predicted octanol–water partition coefficient (Wildman–Crippen LogP) is 6.04. The molecule has 0 unspecified atom stereocenters. The van der Waals surface area contributed by atoms with Crippen LogP contribution in [0.5, 0.6) is 0 Å². The second-order valence-corrected chi connectivity index (χ2v) is 11.6. The maximum atomic E-state index is 13.1. The van der Waals surface area contributed by atoms with E-state index in [4.69, 9.17) is 11.6 Å². The fraction of sp³-hybridized carbons (Fsp3) is 0.577. The molecule has 3 saturated carbocycles. The summed E-state index contributed by atoms with van der Waals surface area (Å²) < 4.78 is 0. The molecule has 3 aliphatic carbocycles. The van der Waals surface area contributed by atoms with Crippen LogP contribution in [0.2, 0.25) is 5.02 Å². The van der Waals surface area contributed by atoms with Crippen LogP contribution >= 0.6 is 22.9 Å². The number of amides is 2. The largest absolute Gasteiger partial charge is 0.376 e. The lowest BCUT2D eigenvalue weighted by molar-refractivity contribution is -0.124. The molecule has 0 bridgehead atoms. The maximum absolute atomic E-state index is 13.1. The Morgan fingerprint density at radius 1 is 1.24 bits per heavy atom. The molecule has 182 valence electrons. The molecule has 6 nitrogen and oxygen atoms in total.